The van der Waals surface area contributed by atoms with E-state index in [1.54, 1.807) is 34.9 Å². The summed E-state index contributed by atoms with van der Waals surface area (Å²) in [6.45, 7) is 2.84. The highest BCUT2D eigenvalue weighted by Crippen LogP contribution is 2.37. The summed E-state index contributed by atoms with van der Waals surface area (Å²) in [6.07, 6.45) is 4.14. The first-order valence-corrected chi connectivity index (χ1v) is 8.92. The molecule has 1 unspecified atom stereocenters. The molecule has 2 aromatic rings. The van der Waals surface area contributed by atoms with Crippen molar-refractivity contribution in [1.29, 1.82) is 0 Å². The minimum atomic E-state index is -0.439. The molecule has 0 aliphatic carbocycles. The summed E-state index contributed by atoms with van der Waals surface area (Å²) in [5, 5.41) is 11.1. The van der Waals surface area contributed by atoms with Crippen LogP contribution in [0.2, 0.25) is 0 Å². The van der Waals surface area contributed by atoms with Crippen molar-refractivity contribution < 1.29 is 9.72 Å². The fourth-order valence-electron chi connectivity index (χ4n) is 2.68. The van der Waals surface area contributed by atoms with E-state index in [0.717, 1.165) is 22.6 Å². The van der Waals surface area contributed by atoms with Gasteiger partial charge in [0, 0.05) is 34.9 Å². The highest BCUT2D eigenvalue weighted by molar-refractivity contribution is 8.00. The number of hydrogen-bond acceptors (Lipinski definition) is 4. The molecule has 0 fully saturated rings. The van der Waals surface area contributed by atoms with Crippen LogP contribution < -0.4 is 4.90 Å². The van der Waals surface area contributed by atoms with Crippen LogP contribution in [-0.2, 0) is 4.79 Å². The standard InChI is InChI=1S/C19H18N2O3S/c1-14-12-13-20(17-4-2-3-5-18(17)25-14)19(22)11-8-15-6-9-16(10-7-15)21(23)24/h2-11,14H,12-13H2,1H3/b11-8+. The Balaban J connectivity index is 1.79. The number of amides is 1. The summed E-state index contributed by atoms with van der Waals surface area (Å²) in [5.74, 6) is -0.0829. The Bertz CT molecular complexity index is 818. The number of rotatable bonds is 3. The zero-order valence-corrected chi connectivity index (χ0v) is 14.6. The number of nitro groups is 1. The van der Waals surface area contributed by atoms with Crippen molar-refractivity contribution >= 4 is 35.1 Å². The van der Waals surface area contributed by atoms with E-state index < -0.39 is 4.92 Å². The molecule has 0 radical (unpaired) electrons. The molecule has 128 valence electrons. The molecule has 1 atom stereocenters. The molecule has 0 N–H and O–H groups in total. The van der Waals surface area contributed by atoms with Crippen LogP contribution in [0.3, 0.4) is 0 Å². The molecule has 5 nitrogen and oxygen atoms in total. The molecule has 1 aliphatic rings. The van der Waals surface area contributed by atoms with Crippen LogP contribution in [-0.4, -0.2) is 22.6 Å². The molecule has 0 saturated heterocycles. The molecule has 0 saturated carbocycles. The van der Waals surface area contributed by atoms with Crippen LogP contribution >= 0.6 is 11.8 Å². The van der Waals surface area contributed by atoms with E-state index in [4.69, 9.17) is 0 Å². The fourth-order valence-corrected chi connectivity index (χ4v) is 3.79. The average Bonchev–Trinajstić information content (AvgIpc) is 2.78. The molecule has 6 heteroatoms. The van der Waals surface area contributed by atoms with Gasteiger partial charge in [0.25, 0.3) is 11.6 Å². The largest absolute Gasteiger partial charge is 0.308 e. The van der Waals surface area contributed by atoms with Gasteiger partial charge in [-0.2, -0.15) is 0 Å². The number of nitrogens with zero attached hydrogens (tertiary/aromatic N) is 2. The first kappa shape index (κ1) is 17.2. The van der Waals surface area contributed by atoms with Crippen LogP contribution in [0.15, 0.2) is 59.5 Å². The first-order valence-electron chi connectivity index (χ1n) is 8.04. The Hall–Kier alpha value is -2.60. The van der Waals surface area contributed by atoms with Crippen LogP contribution in [0.5, 0.6) is 0 Å². The number of fused-ring (bicyclic) bond motifs is 1. The maximum atomic E-state index is 12.7. The van der Waals surface area contributed by atoms with Crippen LogP contribution in [0.4, 0.5) is 11.4 Å². The molecular formula is C19H18N2O3S. The maximum absolute atomic E-state index is 12.7. The lowest BCUT2D eigenvalue weighted by Crippen LogP contribution is -2.30. The van der Waals surface area contributed by atoms with E-state index in [9.17, 15) is 14.9 Å². The number of carbonyl (C=O) groups is 1. The molecule has 0 bridgehead atoms. The minimum absolute atomic E-state index is 0.0379. The molecule has 1 heterocycles. The summed E-state index contributed by atoms with van der Waals surface area (Å²) >= 11 is 1.79. The van der Waals surface area contributed by atoms with E-state index in [1.807, 2.05) is 24.3 Å². The zero-order valence-electron chi connectivity index (χ0n) is 13.8. The van der Waals surface area contributed by atoms with Crippen molar-refractivity contribution in [3.05, 3.63) is 70.3 Å². The van der Waals surface area contributed by atoms with Gasteiger partial charge in [0.05, 0.1) is 10.6 Å². The van der Waals surface area contributed by atoms with Crippen molar-refractivity contribution in [2.45, 2.75) is 23.5 Å². The number of carbonyl (C=O) groups excluding carboxylic acids is 1. The summed E-state index contributed by atoms with van der Waals surface area (Å²) in [5.41, 5.74) is 1.73. The number of thioether (sulfide) groups is 1. The summed E-state index contributed by atoms with van der Waals surface area (Å²) < 4.78 is 0. The van der Waals surface area contributed by atoms with Crippen LogP contribution in [0.1, 0.15) is 18.9 Å². The van der Waals surface area contributed by atoms with Gasteiger partial charge in [-0.25, -0.2) is 0 Å². The van der Waals surface area contributed by atoms with Gasteiger partial charge in [-0.3, -0.25) is 14.9 Å². The third-order valence-electron chi connectivity index (χ3n) is 4.03. The normalized spacial score (nSPS) is 17.2. The highest BCUT2D eigenvalue weighted by atomic mass is 32.2. The second-order valence-electron chi connectivity index (χ2n) is 5.86. The van der Waals surface area contributed by atoms with Gasteiger partial charge < -0.3 is 4.90 Å². The van der Waals surface area contributed by atoms with E-state index in [0.29, 0.717) is 11.8 Å². The lowest BCUT2D eigenvalue weighted by molar-refractivity contribution is -0.384. The summed E-state index contributed by atoms with van der Waals surface area (Å²) in [6, 6.07) is 14.1. The van der Waals surface area contributed by atoms with E-state index in [2.05, 4.69) is 6.92 Å². The molecule has 1 aliphatic heterocycles. The molecule has 0 aromatic heterocycles. The van der Waals surface area contributed by atoms with Gasteiger partial charge in [0.2, 0.25) is 0 Å². The van der Waals surface area contributed by atoms with Gasteiger partial charge >= 0.3 is 0 Å². The van der Waals surface area contributed by atoms with E-state index in [-0.39, 0.29) is 11.6 Å². The van der Waals surface area contributed by atoms with Gasteiger partial charge in [0.15, 0.2) is 0 Å². The van der Waals surface area contributed by atoms with Crippen LogP contribution in [0, 0.1) is 10.1 Å². The number of non-ortho nitro benzene ring substituents is 1. The minimum Gasteiger partial charge on any atom is -0.308 e. The molecular weight excluding hydrogens is 336 g/mol. The molecule has 1 amide bonds. The van der Waals surface area contributed by atoms with Gasteiger partial charge in [-0.05, 0) is 42.3 Å². The Morgan fingerprint density at radius 1 is 1.24 bits per heavy atom. The monoisotopic (exact) mass is 354 g/mol. The second kappa shape index (κ2) is 7.53. The van der Waals surface area contributed by atoms with Crippen molar-refractivity contribution in [2.75, 3.05) is 11.4 Å². The zero-order chi connectivity index (χ0) is 17.8. The number of benzene rings is 2. The first-order chi connectivity index (χ1) is 12.0. The lowest BCUT2D eigenvalue weighted by Gasteiger charge is -2.20. The summed E-state index contributed by atoms with van der Waals surface area (Å²) in [7, 11) is 0. The van der Waals surface area contributed by atoms with Crippen molar-refractivity contribution in [3.8, 4) is 0 Å². The average molecular weight is 354 g/mol. The van der Waals surface area contributed by atoms with Gasteiger partial charge in [-0.15, -0.1) is 11.8 Å². The smallest absolute Gasteiger partial charge is 0.269 e. The van der Waals surface area contributed by atoms with Crippen molar-refractivity contribution in [1.82, 2.24) is 0 Å². The fraction of sp³-hybridized carbons (Fsp3) is 0.211. The molecule has 25 heavy (non-hydrogen) atoms. The second-order valence-corrected chi connectivity index (χ2v) is 7.34. The summed E-state index contributed by atoms with van der Waals surface area (Å²) in [4.78, 5) is 25.9. The molecule has 0 spiro atoms. The topological polar surface area (TPSA) is 63.5 Å². The number of nitro benzene ring substituents is 1. The SMILES string of the molecule is CC1CCN(C(=O)/C=C/c2ccc([N+](=O)[O-])cc2)c2ccccc2S1. The molecule has 2 aromatic carbocycles. The van der Waals surface area contributed by atoms with Gasteiger partial charge in [0.1, 0.15) is 0 Å². The number of para-hydroxylation sites is 1. The third-order valence-corrected chi connectivity index (χ3v) is 5.27. The Labute approximate surface area is 150 Å². The van der Waals surface area contributed by atoms with Gasteiger partial charge in [-0.1, -0.05) is 19.1 Å². The van der Waals surface area contributed by atoms with Crippen LogP contribution in [0.25, 0.3) is 6.08 Å². The quantitative estimate of drug-likeness (QED) is 0.462. The maximum Gasteiger partial charge on any atom is 0.269 e. The lowest BCUT2D eigenvalue weighted by atomic mass is 10.2. The Kier molecular flexibility index (Phi) is 5.19. The third kappa shape index (κ3) is 4.09. The number of anilines is 1. The molecule has 3 rings (SSSR count). The van der Waals surface area contributed by atoms with E-state index >= 15 is 0 Å². The van der Waals surface area contributed by atoms with E-state index in [1.165, 1.54) is 18.2 Å². The Morgan fingerprint density at radius 2 is 1.96 bits per heavy atom. The predicted molar refractivity (Wildman–Crippen MR) is 101 cm³/mol. The number of hydrogen-bond donors (Lipinski definition) is 0. The highest BCUT2D eigenvalue weighted by Gasteiger charge is 2.22. The van der Waals surface area contributed by atoms with Crippen molar-refractivity contribution in [2.24, 2.45) is 0 Å². The Morgan fingerprint density at radius 3 is 2.68 bits per heavy atom. The predicted octanol–water partition coefficient (Wildman–Crippen LogP) is 4.53. The van der Waals surface area contributed by atoms with Crippen molar-refractivity contribution in [3.63, 3.8) is 0 Å².